The van der Waals surface area contributed by atoms with Crippen LogP contribution >= 0.6 is 0 Å². The molecule has 2 bridgehead atoms. The van der Waals surface area contributed by atoms with Gasteiger partial charge in [-0.1, -0.05) is 63.6 Å². The third kappa shape index (κ3) is 5.54. The molecule has 1 fully saturated rings. The van der Waals surface area contributed by atoms with Gasteiger partial charge in [0.2, 0.25) is 0 Å². The lowest BCUT2D eigenvalue weighted by atomic mass is 9.64. The lowest BCUT2D eigenvalue weighted by molar-refractivity contribution is 0.0692. The summed E-state index contributed by atoms with van der Waals surface area (Å²) in [7, 11) is 0. The third-order valence-electron chi connectivity index (χ3n) is 8.09. The predicted octanol–water partition coefficient (Wildman–Crippen LogP) is 7.16. The van der Waals surface area contributed by atoms with Crippen molar-refractivity contribution in [2.45, 2.75) is 91.6 Å². The van der Waals surface area contributed by atoms with E-state index in [4.69, 9.17) is 0 Å². The van der Waals surface area contributed by atoms with Crippen LogP contribution in [-0.4, -0.2) is 22.3 Å². The number of rotatable bonds is 4. The first-order chi connectivity index (χ1) is 15.1. The monoisotopic (exact) mass is 438 g/mol. The number of hydrogen-bond acceptors (Lipinski definition) is 2. The highest BCUT2D eigenvalue weighted by Gasteiger charge is 2.48. The van der Waals surface area contributed by atoms with Gasteiger partial charge in [0, 0.05) is 0 Å². The predicted molar refractivity (Wildman–Crippen MR) is 132 cm³/mol. The Morgan fingerprint density at radius 1 is 1.16 bits per heavy atom. The molecule has 0 heterocycles. The Hall–Kier alpha value is -1.87. The van der Waals surface area contributed by atoms with Crippen LogP contribution in [0.1, 0.15) is 101 Å². The van der Waals surface area contributed by atoms with Gasteiger partial charge in [-0.3, -0.25) is 0 Å². The normalized spacial score (nSPS) is 31.8. The Kier molecular flexibility index (Phi) is 8.03. The van der Waals surface area contributed by atoms with Gasteiger partial charge in [0.15, 0.2) is 0 Å². The maximum absolute atomic E-state index is 12.3. The van der Waals surface area contributed by atoms with Crippen molar-refractivity contribution in [3.05, 3.63) is 58.7 Å². The summed E-state index contributed by atoms with van der Waals surface area (Å²) in [5.74, 6) is 0.937. The summed E-state index contributed by atoms with van der Waals surface area (Å²) in [4.78, 5) is 12.3. The van der Waals surface area contributed by atoms with Gasteiger partial charge in [0.05, 0.1) is 11.7 Å². The number of hydrogen-bond donors (Lipinski definition) is 2. The van der Waals surface area contributed by atoms with Crippen LogP contribution < -0.4 is 0 Å². The first-order valence-corrected chi connectivity index (χ1v) is 12.5. The van der Waals surface area contributed by atoms with E-state index in [1.54, 1.807) is 0 Å². The summed E-state index contributed by atoms with van der Waals surface area (Å²) in [6, 6.07) is 5.93. The topological polar surface area (TPSA) is 57.5 Å². The van der Waals surface area contributed by atoms with Crippen molar-refractivity contribution >= 4 is 5.97 Å². The second-order valence-corrected chi connectivity index (χ2v) is 10.9. The summed E-state index contributed by atoms with van der Waals surface area (Å²) >= 11 is 0. The molecule has 32 heavy (non-hydrogen) atoms. The highest BCUT2D eigenvalue weighted by molar-refractivity contribution is 5.90. The maximum Gasteiger partial charge on any atom is 0.335 e. The molecule has 0 saturated heterocycles. The Bertz CT molecular complexity index is 865. The van der Waals surface area contributed by atoms with Crippen LogP contribution in [0.4, 0.5) is 0 Å². The minimum absolute atomic E-state index is 0.0485. The number of aliphatic hydroxyl groups excluding tert-OH is 1. The van der Waals surface area contributed by atoms with E-state index in [1.807, 2.05) is 6.07 Å². The molecule has 1 aromatic carbocycles. The SMILES string of the molecule is C/C1=C/CCC2(C)C(CCC2C(C)/C=C/C(C)C)c2ccc(cc2C(=O)O)CC(O)CC1. The first kappa shape index (κ1) is 24.8. The highest BCUT2D eigenvalue weighted by atomic mass is 16.4. The van der Waals surface area contributed by atoms with Crippen LogP contribution in [0.15, 0.2) is 42.0 Å². The van der Waals surface area contributed by atoms with E-state index in [1.165, 1.54) is 5.57 Å². The van der Waals surface area contributed by atoms with E-state index in [0.717, 1.165) is 43.2 Å². The van der Waals surface area contributed by atoms with Crippen LogP contribution in [-0.2, 0) is 6.42 Å². The van der Waals surface area contributed by atoms with Crippen molar-refractivity contribution in [2.75, 3.05) is 0 Å². The quantitative estimate of drug-likeness (QED) is 0.490. The molecule has 5 unspecified atom stereocenters. The Morgan fingerprint density at radius 2 is 1.91 bits per heavy atom. The van der Waals surface area contributed by atoms with E-state index in [9.17, 15) is 15.0 Å². The molecule has 5 atom stereocenters. The van der Waals surface area contributed by atoms with E-state index < -0.39 is 12.1 Å². The van der Waals surface area contributed by atoms with E-state index in [0.29, 0.717) is 36.2 Å². The number of aromatic carboxylic acids is 1. The van der Waals surface area contributed by atoms with E-state index in [-0.39, 0.29) is 11.3 Å². The first-order valence-electron chi connectivity index (χ1n) is 12.5. The Labute approximate surface area is 194 Å². The van der Waals surface area contributed by atoms with Gasteiger partial charge in [0.1, 0.15) is 0 Å². The van der Waals surface area contributed by atoms with Gasteiger partial charge in [-0.2, -0.15) is 0 Å². The molecule has 1 saturated carbocycles. The summed E-state index contributed by atoms with van der Waals surface area (Å²) in [6.45, 7) is 11.4. The number of allylic oxidation sites excluding steroid dienone is 4. The summed E-state index contributed by atoms with van der Waals surface area (Å²) in [5, 5.41) is 20.6. The molecule has 3 aliphatic carbocycles. The van der Waals surface area contributed by atoms with Gasteiger partial charge in [-0.05, 0) is 98.1 Å². The minimum atomic E-state index is -0.849. The maximum atomic E-state index is 12.3. The molecule has 1 aromatic rings. The molecule has 3 heteroatoms. The molecule has 176 valence electrons. The largest absolute Gasteiger partial charge is 0.478 e. The summed E-state index contributed by atoms with van der Waals surface area (Å²) in [5.41, 5.74) is 3.73. The average molecular weight is 439 g/mol. The Morgan fingerprint density at radius 3 is 2.59 bits per heavy atom. The second kappa shape index (κ2) is 10.4. The van der Waals surface area contributed by atoms with Crippen molar-refractivity contribution in [1.29, 1.82) is 0 Å². The van der Waals surface area contributed by atoms with Crippen LogP contribution in [0.3, 0.4) is 0 Å². The standard InChI is InChI=1S/C29H42O3/c1-19(2)8-10-21(4)26-14-15-27-24-13-11-22(18-25(24)28(31)32)17-23(30)12-9-20(3)7-6-16-29(26,27)5/h7-8,10-11,13,18-19,21,23,26-27,30H,6,9,12,14-17H2,1-5H3,(H,31,32)/b10-8+,20-7-. The van der Waals surface area contributed by atoms with Crippen LogP contribution in [0.2, 0.25) is 0 Å². The molecule has 0 aromatic heterocycles. The summed E-state index contributed by atoms with van der Waals surface area (Å²) < 4.78 is 0. The minimum Gasteiger partial charge on any atom is -0.478 e. The van der Waals surface area contributed by atoms with Gasteiger partial charge in [0.25, 0.3) is 0 Å². The highest BCUT2D eigenvalue weighted by Crippen LogP contribution is 2.58. The zero-order valence-corrected chi connectivity index (χ0v) is 20.6. The van der Waals surface area contributed by atoms with Crippen LogP contribution in [0.25, 0.3) is 0 Å². The number of aliphatic hydroxyl groups is 1. The molecule has 0 aliphatic heterocycles. The molecule has 2 N–H and O–H groups in total. The zero-order valence-electron chi connectivity index (χ0n) is 20.6. The smallest absolute Gasteiger partial charge is 0.335 e. The molecular formula is C29H42O3. The van der Waals surface area contributed by atoms with Crippen LogP contribution in [0, 0.1) is 23.2 Å². The average Bonchev–Trinajstić information content (AvgIpc) is 3.06. The number of benzene rings is 1. The number of fused-ring (bicyclic) bond motifs is 8. The van der Waals surface area contributed by atoms with Gasteiger partial charge in [-0.15, -0.1) is 0 Å². The van der Waals surface area contributed by atoms with E-state index in [2.05, 4.69) is 65.0 Å². The van der Waals surface area contributed by atoms with Crippen molar-refractivity contribution in [1.82, 2.24) is 0 Å². The lowest BCUT2D eigenvalue weighted by Crippen LogP contribution is -2.32. The Balaban J connectivity index is 2.06. The number of carboxylic acid groups (broad SMARTS) is 1. The van der Waals surface area contributed by atoms with Crippen molar-refractivity contribution < 1.29 is 15.0 Å². The number of carbonyl (C=O) groups is 1. The molecule has 3 aliphatic rings. The number of carboxylic acids is 1. The van der Waals surface area contributed by atoms with Gasteiger partial charge < -0.3 is 10.2 Å². The molecule has 3 nitrogen and oxygen atoms in total. The van der Waals surface area contributed by atoms with Crippen molar-refractivity contribution in [3.8, 4) is 0 Å². The van der Waals surface area contributed by atoms with Crippen molar-refractivity contribution in [2.24, 2.45) is 23.2 Å². The third-order valence-corrected chi connectivity index (χ3v) is 8.09. The molecular weight excluding hydrogens is 396 g/mol. The fourth-order valence-corrected chi connectivity index (χ4v) is 6.25. The lowest BCUT2D eigenvalue weighted by Gasteiger charge is -2.40. The van der Waals surface area contributed by atoms with Gasteiger partial charge in [-0.25, -0.2) is 4.79 Å². The second-order valence-electron chi connectivity index (χ2n) is 10.9. The molecule has 0 radical (unpaired) electrons. The fraction of sp³-hybridized carbons (Fsp3) is 0.621. The fourth-order valence-electron chi connectivity index (χ4n) is 6.25. The zero-order chi connectivity index (χ0) is 23.5. The van der Waals surface area contributed by atoms with Crippen LogP contribution in [0.5, 0.6) is 0 Å². The van der Waals surface area contributed by atoms with Crippen molar-refractivity contribution in [3.63, 3.8) is 0 Å². The van der Waals surface area contributed by atoms with E-state index >= 15 is 0 Å². The molecule has 0 spiro atoms. The molecule has 4 rings (SSSR count). The molecule has 0 amide bonds. The summed E-state index contributed by atoms with van der Waals surface area (Å²) in [6.07, 6.45) is 13.0. The van der Waals surface area contributed by atoms with Gasteiger partial charge >= 0.3 is 5.97 Å².